The topological polar surface area (TPSA) is 196 Å². The van der Waals surface area contributed by atoms with Crippen LogP contribution in [0.4, 0.5) is 5.69 Å². The number of carbonyl (C=O) groups excluding carboxylic acids is 4. The van der Waals surface area contributed by atoms with Crippen LogP contribution in [0.3, 0.4) is 0 Å². The number of aliphatic carboxylic acids is 1. The summed E-state index contributed by atoms with van der Waals surface area (Å²) < 4.78 is 39.0. The number of carboxylic acids is 1. The third-order valence-corrected chi connectivity index (χ3v) is 9.27. The Hall–Kier alpha value is -4.77. The zero-order valence-electron chi connectivity index (χ0n) is 25.4. The number of benzene rings is 1. The summed E-state index contributed by atoms with van der Waals surface area (Å²) in [6.07, 6.45) is 2.16. The molecule has 0 saturated carbocycles. The summed E-state index contributed by atoms with van der Waals surface area (Å²) in [4.78, 5) is 73.9. The molecule has 1 aromatic carbocycles. The smallest absolute Gasteiger partial charge is 0.323 e. The standard InChI is InChI=1S/C29H36N6O10S/c1-44-21-3-5-22(6-4-21)46(42,43)31-23(17-25(36)33-13-11-32(12-14-33)20-7-9-30-10-8-20)28(40)35-16-15-34(19-26(37)38)29(41)24(35)18-27(39)45-2/h3-10,23-24,31H,11-19H2,1-2H3,(H,37,38). The molecule has 0 bridgehead atoms. The number of nitrogens with zero attached hydrogens (tertiary/aromatic N) is 5. The van der Waals surface area contributed by atoms with Crippen molar-refractivity contribution in [1.29, 1.82) is 0 Å². The van der Waals surface area contributed by atoms with E-state index in [1.54, 1.807) is 12.4 Å². The van der Waals surface area contributed by atoms with Gasteiger partial charge >= 0.3 is 11.9 Å². The molecule has 248 valence electrons. The molecule has 16 nitrogen and oxygen atoms in total. The molecule has 2 unspecified atom stereocenters. The maximum absolute atomic E-state index is 14.1. The number of anilines is 1. The summed E-state index contributed by atoms with van der Waals surface area (Å²) in [6.45, 7) is 0.558. The highest BCUT2D eigenvalue weighted by Crippen LogP contribution is 2.22. The summed E-state index contributed by atoms with van der Waals surface area (Å²) in [7, 11) is -1.87. The number of aromatic nitrogens is 1. The largest absolute Gasteiger partial charge is 0.497 e. The van der Waals surface area contributed by atoms with Crippen molar-refractivity contribution in [2.45, 2.75) is 29.8 Å². The first kappa shape index (κ1) is 34.1. The number of pyridine rings is 1. The predicted octanol–water partition coefficient (Wildman–Crippen LogP) is -0.837. The van der Waals surface area contributed by atoms with E-state index in [0.717, 1.165) is 22.6 Å². The van der Waals surface area contributed by atoms with Crippen LogP contribution in [-0.2, 0) is 38.7 Å². The van der Waals surface area contributed by atoms with Crippen molar-refractivity contribution >= 4 is 45.4 Å². The lowest BCUT2D eigenvalue weighted by atomic mass is 10.0. The Balaban J connectivity index is 1.58. The minimum atomic E-state index is -4.38. The average Bonchev–Trinajstić information content (AvgIpc) is 3.06. The van der Waals surface area contributed by atoms with E-state index in [9.17, 15) is 37.5 Å². The van der Waals surface area contributed by atoms with E-state index >= 15 is 0 Å². The van der Waals surface area contributed by atoms with Crippen LogP contribution in [0.5, 0.6) is 5.75 Å². The molecule has 2 saturated heterocycles. The Kier molecular flexibility index (Phi) is 11.1. The van der Waals surface area contributed by atoms with Crippen LogP contribution in [0.1, 0.15) is 12.8 Å². The van der Waals surface area contributed by atoms with Gasteiger partial charge in [-0.15, -0.1) is 0 Å². The second kappa shape index (κ2) is 15.0. The Labute approximate surface area is 265 Å². The van der Waals surface area contributed by atoms with Gasteiger partial charge in [0.2, 0.25) is 27.7 Å². The molecule has 2 atom stereocenters. The number of carbonyl (C=O) groups is 5. The molecule has 3 heterocycles. The quantitative estimate of drug-likeness (QED) is 0.269. The van der Waals surface area contributed by atoms with E-state index in [4.69, 9.17) is 9.47 Å². The Morgan fingerprint density at radius 1 is 0.978 bits per heavy atom. The molecular weight excluding hydrogens is 624 g/mol. The number of nitrogens with one attached hydrogen (secondary N) is 1. The first-order valence-electron chi connectivity index (χ1n) is 14.4. The number of piperazine rings is 2. The van der Waals surface area contributed by atoms with Gasteiger partial charge in [-0.05, 0) is 36.4 Å². The molecule has 2 N–H and O–H groups in total. The summed E-state index contributed by atoms with van der Waals surface area (Å²) in [5, 5.41) is 9.24. The summed E-state index contributed by atoms with van der Waals surface area (Å²) >= 11 is 0. The van der Waals surface area contributed by atoms with Gasteiger partial charge in [-0.25, -0.2) is 8.42 Å². The number of hydrogen-bond acceptors (Lipinski definition) is 11. The SMILES string of the molecule is COC(=O)CC1C(=O)N(CC(=O)O)CCN1C(=O)C(CC(=O)N1CCN(c2ccncc2)CC1)NS(=O)(=O)c1ccc(OC)cc1. The Morgan fingerprint density at radius 3 is 2.22 bits per heavy atom. The lowest BCUT2D eigenvalue weighted by Gasteiger charge is -2.41. The van der Waals surface area contributed by atoms with Crippen molar-refractivity contribution in [3.05, 3.63) is 48.8 Å². The van der Waals surface area contributed by atoms with E-state index in [1.165, 1.54) is 36.3 Å². The maximum Gasteiger partial charge on any atom is 0.323 e. The zero-order chi connectivity index (χ0) is 33.4. The first-order valence-corrected chi connectivity index (χ1v) is 15.9. The predicted molar refractivity (Wildman–Crippen MR) is 161 cm³/mol. The van der Waals surface area contributed by atoms with Crippen molar-refractivity contribution in [1.82, 2.24) is 24.4 Å². The van der Waals surface area contributed by atoms with Crippen LogP contribution in [0.15, 0.2) is 53.7 Å². The minimum absolute atomic E-state index is 0.183. The number of methoxy groups -OCH3 is 2. The van der Waals surface area contributed by atoms with Crippen molar-refractivity contribution < 1.29 is 47.0 Å². The van der Waals surface area contributed by atoms with E-state index in [0.29, 0.717) is 31.9 Å². The third-order valence-electron chi connectivity index (χ3n) is 7.78. The third kappa shape index (κ3) is 8.28. The van der Waals surface area contributed by atoms with Gasteiger partial charge in [0.1, 0.15) is 24.4 Å². The Morgan fingerprint density at radius 2 is 1.63 bits per heavy atom. The highest BCUT2D eigenvalue weighted by molar-refractivity contribution is 7.89. The fourth-order valence-corrected chi connectivity index (χ4v) is 6.51. The molecule has 17 heteroatoms. The van der Waals surface area contributed by atoms with Gasteiger partial charge in [0, 0.05) is 57.3 Å². The average molecular weight is 661 g/mol. The van der Waals surface area contributed by atoms with Crippen LogP contribution in [0, 0.1) is 0 Å². The van der Waals surface area contributed by atoms with Gasteiger partial charge < -0.3 is 34.2 Å². The second-order valence-corrected chi connectivity index (χ2v) is 12.3. The van der Waals surface area contributed by atoms with Crippen molar-refractivity contribution in [2.75, 3.05) is 64.9 Å². The fourth-order valence-electron chi connectivity index (χ4n) is 5.32. The van der Waals surface area contributed by atoms with Crippen LogP contribution < -0.4 is 14.4 Å². The molecule has 2 aliphatic heterocycles. The maximum atomic E-state index is 14.1. The van der Waals surface area contributed by atoms with Gasteiger partial charge in [-0.2, -0.15) is 4.72 Å². The van der Waals surface area contributed by atoms with Gasteiger partial charge in [-0.1, -0.05) is 0 Å². The van der Waals surface area contributed by atoms with E-state index in [-0.39, 0.29) is 18.0 Å². The van der Waals surface area contributed by atoms with Crippen molar-refractivity contribution in [2.24, 2.45) is 0 Å². The molecule has 4 rings (SSSR count). The molecule has 2 aromatic rings. The van der Waals surface area contributed by atoms with Crippen molar-refractivity contribution in [3.8, 4) is 5.75 Å². The van der Waals surface area contributed by atoms with Crippen LogP contribution in [0.2, 0.25) is 0 Å². The number of esters is 1. The van der Waals surface area contributed by atoms with E-state index in [1.807, 2.05) is 12.1 Å². The van der Waals surface area contributed by atoms with Gasteiger partial charge in [0.05, 0.1) is 32.0 Å². The number of carboxylic acid groups (broad SMARTS) is 1. The van der Waals surface area contributed by atoms with Gasteiger partial charge in [-0.3, -0.25) is 29.0 Å². The number of hydrogen-bond donors (Lipinski definition) is 2. The molecule has 3 amide bonds. The monoisotopic (exact) mass is 660 g/mol. The van der Waals surface area contributed by atoms with Crippen LogP contribution >= 0.6 is 0 Å². The summed E-state index contributed by atoms with van der Waals surface area (Å²) in [5.41, 5.74) is 0.936. The minimum Gasteiger partial charge on any atom is -0.497 e. The molecule has 0 radical (unpaired) electrons. The molecular formula is C29H36N6O10S. The first-order chi connectivity index (χ1) is 21.9. The molecule has 0 spiro atoms. The zero-order valence-corrected chi connectivity index (χ0v) is 26.2. The highest BCUT2D eigenvalue weighted by atomic mass is 32.2. The Bertz CT molecular complexity index is 1530. The number of rotatable bonds is 12. The normalized spacial score (nSPS) is 17.8. The summed E-state index contributed by atoms with van der Waals surface area (Å²) in [5.74, 6) is -3.96. The molecule has 2 aliphatic rings. The van der Waals surface area contributed by atoms with Crippen LogP contribution in [-0.4, -0.2) is 135 Å². The molecule has 46 heavy (non-hydrogen) atoms. The van der Waals surface area contributed by atoms with Crippen LogP contribution in [0.25, 0.3) is 0 Å². The second-order valence-electron chi connectivity index (χ2n) is 10.6. The lowest BCUT2D eigenvalue weighted by molar-refractivity contribution is -0.159. The number of sulfonamides is 1. The van der Waals surface area contributed by atoms with Gasteiger partial charge in [0.25, 0.3) is 0 Å². The fraction of sp³-hybridized carbons (Fsp3) is 0.448. The van der Waals surface area contributed by atoms with E-state index < -0.39 is 71.2 Å². The lowest BCUT2D eigenvalue weighted by Crippen LogP contribution is -2.63. The summed E-state index contributed by atoms with van der Waals surface area (Å²) in [6, 6.07) is 5.97. The van der Waals surface area contributed by atoms with E-state index in [2.05, 4.69) is 14.6 Å². The number of amides is 3. The molecule has 1 aromatic heterocycles. The number of ether oxygens (including phenoxy) is 2. The van der Waals surface area contributed by atoms with Gasteiger partial charge in [0.15, 0.2) is 0 Å². The molecule has 2 fully saturated rings. The molecule has 0 aliphatic carbocycles. The highest BCUT2D eigenvalue weighted by Gasteiger charge is 2.43. The van der Waals surface area contributed by atoms with Crippen molar-refractivity contribution in [3.63, 3.8) is 0 Å².